The minimum absolute atomic E-state index is 0.228. The number of carbonyl (C=O) groups is 1. The average Bonchev–Trinajstić information content (AvgIpc) is 3.06. The van der Waals surface area contributed by atoms with E-state index in [4.69, 9.17) is 4.74 Å². The standard InChI is InChI=1S/C19H22N2O3/c22-18(21-14-19(23)10-11-20-13-19)16-8-4-5-9-17(16)24-12-15-6-2-1-3-7-15/h1-9,20,23H,10-14H2,(H,21,22). The number of aliphatic hydroxyl groups is 1. The van der Waals surface area contributed by atoms with E-state index in [1.165, 1.54) is 0 Å². The number of carbonyl (C=O) groups excluding carboxylic acids is 1. The van der Waals surface area contributed by atoms with Crippen LogP contribution in [0.5, 0.6) is 5.75 Å². The molecule has 2 aromatic carbocycles. The molecule has 1 amide bonds. The normalized spacial score (nSPS) is 19.9. The molecule has 2 aromatic rings. The number of para-hydroxylation sites is 1. The Morgan fingerprint density at radius 2 is 1.92 bits per heavy atom. The number of β-amino-alcohol motifs (C(OH)–C–C–N with tert-alkyl or cyclic N) is 1. The van der Waals surface area contributed by atoms with Crippen LogP contribution < -0.4 is 15.4 Å². The maximum Gasteiger partial charge on any atom is 0.255 e. The summed E-state index contributed by atoms with van der Waals surface area (Å²) in [6.07, 6.45) is 0.638. The number of hydrogen-bond acceptors (Lipinski definition) is 4. The second-order valence-electron chi connectivity index (χ2n) is 6.10. The van der Waals surface area contributed by atoms with Crippen LogP contribution in [0.15, 0.2) is 54.6 Å². The number of rotatable bonds is 6. The molecule has 1 aliphatic heterocycles. The largest absolute Gasteiger partial charge is 0.488 e. The van der Waals surface area contributed by atoms with Gasteiger partial charge in [0, 0.05) is 13.1 Å². The van der Waals surface area contributed by atoms with Crippen LogP contribution in [0.4, 0.5) is 0 Å². The second-order valence-corrected chi connectivity index (χ2v) is 6.10. The van der Waals surface area contributed by atoms with Crippen molar-refractivity contribution in [2.75, 3.05) is 19.6 Å². The number of amides is 1. The minimum Gasteiger partial charge on any atom is -0.488 e. The Balaban J connectivity index is 1.63. The number of benzene rings is 2. The van der Waals surface area contributed by atoms with E-state index in [0.29, 0.717) is 30.9 Å². The lowest BCUT2D eigenvalue weighted by Gasteiger charge is -2.22. The topological polar surface area (TPSA) is 70.6 Å². The molecule has 0 spiro atoms. The molecule has 3 rings (SSSR count). The van der Waals surface area contributed by atoms with Gasteiger partial charge in [0.25, 0.3) is 5.91 Å². The Hall–Kier alpha value is -2.37. The van der Waals surface area contributed by atoms with Gasteiger partial charge in [-0.05, 0) is 30.7 Å². The third kappa shape index (κ3) is 4.13. The first kappa shape index (κ1) is 16.5. The quantitative estimate of drug-likeness (QED) is 0.756. The molecule has 126 valence electrons. The summed E-state index contributed by atoms with van der Waals surface area (Å²) in [5.74, 6) is 0.300. The van der Waals surface area contributed by atoms with E-state index in [9.17, 15) is 9.90 Å². The first-order chi connectivity index (χ1) is 11.7. The Bertz CT molecular complexity index is 682. The monoisotopic (exact) mass is 326 g/mol. The molecule has 24 heavy (non-hydrogen) atoms. The van der Waals surface area contributed by atoms with Crippen molar-refractivity contribution in [2.45, 2.75) is 18.6 Å². The SMILES string of the molecule is O=C(NCC1(O)CCNC1)c1ccccc1OCc1ccccc1. The van der Waals surface area contributed by atoms with Gasteiger partial charge in [0.2, 0.25) is 0 Å². The van der Waals surface area contributed by atoms with Crippen LogP contribution in [-0.2, 0) is 6.61 Å². The number of nitrogens with one attached hydrogen (secondary N) is 2. The van der Waals surface area contributed by atoms with Gasteiger partial charge in [0.1, 0.15) is 12.4 Å². The molecule has 0 aromatic heterocycles. The lowest BCUT2D eigenvalue weighted by molar-refractivity contribution is 0.0560. The fourth-order valence-electron chi connectivity index (χ4n) is 2.74. The van der Waals surface area contributed by atoms with E-state index >= 15 is 0 Å². The molecule has 0 radical (unpaired) electrons. The summed E-state index contributed by atoms with van der Waals surface area (Å²) in [4.78, 5) is 12.5. The van der Waals surface area contributed by atoms with E-state index in [1.54, 1.807) is 18.2 Å². The van der Waals surface area contributed by atoms with Crippen LogP contribution in [0.2, 0.25) is 0 Å². The fourth-order valence-corrected chi connectivity index (χ4v) is 2.74. The van der Waals surface area contributed by atoms with Gasteiger partial charge in [-0.3, -0.25) is 4.79 Å². The van der Waals surface area contributed by atoms with Gasteiger partial charge in [-0.1, -0.05) is 42.5 Å². The predicted molar refractivity (Wildman–Crippen MR) is 92.0 cm³/mol. The molecule has 1 unspecified atom stereocenters. The highest BCUT2D eigenvalue weighted by Gasteiger charge is 2.31. The van der Waals surface area contributed by atoms with Crippen molar-refractivity contribution in [1.82, 2.24) is 10.6 Å². The number of hydrogen-bond donors (Lipinski definition) is 3. The zero-order valence-corrected chi connectivity index (χ0v) is 13.5. The maximum absolute atomic E-state index is 12.5. The van der Waals surface area contributed by atoms with Crippen LogP contribution in [0.3, 0.4) is 0 Å². The van der Waals surface area contributed by atoms with Crippen LogP contribution in [0.1, 0.15) is 22.3 Å². The predicted octanol–water partition coefficient (Wildman–Crippen LogP) is 1.72. The lowest BCUT2D eigenvalue weighted by atomic mass is 10.0. The average molecular weight is 326 g/mol. The molecular weight excluding hydrogens is 304 g/mol. The van der Waals surface area contributed by atoms with Crippen LogP contribution in [0.25, 0.3) is 0 Å². The van der Waals surface area contributed by atoms with E-state index < -0.39 is 5.60 Å². The van der Waals surface area contributed by atoms with E-state index in [1.807, 2.05) is 36.4 Å². The lowest BCUT2D eigenvalue weighted by Crippen LogP contribution is -2.44. The van der Waals surface area contributed by atoms with Gasteiger partial charge >= 0.3 is 0 Å². The summed E-state index contributed by atoms with van der Waals surface area (Å²) in [5.41, 5.74) is 0.650. The van der Waals surface area contributed by atoms with Crippen LogP contribution in [0, 0.1) is 0 Å². The van der Waals surface area contributed by atoms with Gasteiger partial charge < -0.3 is 20.5 Å². The van der Waals surface area contributed by atoms with Crippen molar-refractivity contribution >= 4 is 5.91 Å². The molecule has 5 nitrogen and oxygen atoms in total. The summed E-state index contributed by atoms with van der Waals surface area (Å²) in [6, 6.07) is 17.0. The molecule has 1 fully saturated rings. The van der Waals surface area contributed by atoms with Gasteiger partial charge in [-0.15, -0.1) is 0 Å². The molecule has 0 aliphatic carbocycles. The summed E-state index contributed by atoms with van der Waals surface area (Å²) in [5, 5.41) is 16.2. The Labute approximate surface area is 141 Å². The van der Waals surface area contributed by atoms with Crippen LogP contribution >= 0.6 is 0 Å². The molecular formula is C19H22N2O3. The Morgan fingerprint density at radius 3 is 2.67 bits per heavy atom. The van der Waals surface area contributed by atoms with Crippen LogP contribution in [-0.4, -0.2) is 36.2 Å². The molecule has 0 bridgehead atoms. The van der Waals surface area contributed by atoms with Gasteiger partial charge in [0.15, 0.2) is 0 Å². The Kier molecular flexibility index (Phi) is 5.13. The van der Waals surface area contributed by atoms with Gasteiger partial charge in [-0.25, -0.2) is 0 Å². The fraction of sp³-hybridized carbons (Fsp3) is 0.316. The zero-order chi connectivity index (χ0) is 16.8. The number of ether oxygens (including phenoxy) is 1. The smallest absolute Gasteiger partial charge is 0.255 e. The maximum atomic E-state index is 12.5. The van der Waals surface area contributed by atoms with Crippen molar-refractivity contribution in [3.05, 3.63) is 65.7 Å². The van der Waals surface area contributed by atoms with E-state index in [2.05, 4.69) is 10.6 Å². The highest BCUT2D eigenvalue weighted by Crippen LogP contribution is 2.20. The zero-order valence-electron chi connectivity index (χ0n) is 13.5. The third-order valence-electron chi connectivity index (χ3n) is 4.17. The molecule has 1 saturated heterocycles. The highest BCUT2D eigenvalue weighted by molar-refractivity contribution is 5.96. The highest BCUT2D eigenvalue weighted by atomic mass is 16.5. The summed E-state index contributed by atoms with van der Waals surface area (Å²) in [7, 11) is 0. The molecule has 1 atom stereocenters. The Morgan fingerprint density at radius 1 is 1.17 bits per heavy atom. The minimum atomic E-state index is -0.866. The summed E-state index contributed by atoms with van der Waals surface area (Å²) >= 11 is 0. The van der Waals surface area contributed by atoms with E-state index in [0.717, 1.165) is 12.1 Å². The molecule has 0 saturated carbocycles. The molecule has 5 heteroatoms. The molecule has 3 N–H and O–H groups in total. The summed E-state index contributed by atoms with van der Waals surface area (Å²) < 4.78 is 5.81. The first-order valence-corrected chi connectivity index (χ1v) is 8.13. The van der Waals surface area contributed by atoms with Gasteiger partial charge in [0.05, 0.1) is 11.2 Å². The third-order valence-corrected chi connectivity index (χ3v) is 4.17. The molecule has 1 heterocycles. The van der Waals surface area contributed by atoms with E-state index in [-0.39, 0.29) is 12.5 Å². The van der Waals surface area contributed by atoms with Crippen molar-refractivity contribution in [1.29, 1.82) is 0 Å². The van der Waals surface area contributed by atoms with Gasteiger partial charge in [-0.2, -0.15) is 0 Å². The second kappa shape index (κ2) is 7.47. The van der Waals surface area contributed by atoms with Crippen molar-refractivity contribution in [3.8, 4) is 5.75 Å². The molecule has 1 aliphatic rings. The van der Waals surface area contributed by atoms with Crippen molar-refractivity contribution < 1.29 is 14.6 Å². The van der Waals surface area contributed by atoms with Crippen molar-refractivity contribution in [2.24, 2.45) is 0 Å². The first-order valence-electron chi connectivity index (χ1n) is 8.13. The van der Waals surface area contributed by atoms with Crippen molar-refractivity contribution in [3.63, 3.8) is 0 Å². The summed E-state index contributed by atoms with van der Waals surface area (Å²) in [6.45, 7) is 1.90.